The number of nitrogens with two attached hydrogens (primary N) is 1. The lowest BCUT2D eigenvalue weighted by molar-refractivity contribution is -0.116. The van der Waals surface area contributed by atoms with Crippen LogP contribution in [0.2, 0.25) is 0 Å². The Kier molecular flexibility index (Phi) is 8.31. The zero-order chi connectivity index (χ0) is 22.2. The van der Waals surface area contributed by atoms with Crippen molar-refractivity contribution in [2.24, 2.45) is 5.92 Å². The number of carbonyl (C=O) groups excluding carboxylic acids is 2. The lowest BCUT2D eigenvalue weighted by atomic mass is 10.0. The number of rotatable bonds is 11. The number of nitrogen functional groups attached to an aromatic ring is 1. The molecule has 0 aliphatic heterocycles. The van der Waals surface area contributed by atoms with Crippen molar-refractivity contribution in [2.75, 3.05) is 11.1 Å². The van der Waals surface area contributed by atoms with E-state index in [1.807, 2.05) is 17.5 Å². The summed E-state index contributed by atoms with van der Waals surface area (Å²) in [6.45, 7) is 4.29. The summed E-state index contributed by atoms with van der Waals surface area (Å²) in [5, 5.41) is 6.44. The molecule has 3 aromatic rings. The predicted octanol–water partition coefficient (Wildman–Crippen LogP) is 5.82. The van der Waals surface area contributed by atoms with Gasteiger partial charge in [0.2, 0.25) is 5.91 Å². The lowest BCUT2D eigenvalue weighted by Crippen LogP contribution is -2.12. The first-order valence-electron chi connectivity index (χ1n) is 10.5. The Balaban J connectivity index is 1.48. The molecule has 1 aromatic carbocycles. The van der Waals surface area contributed by atoms with Gasteiger partial charge in [0.1, 0.15) is 5.69 Å². The van der Waals surface area contributed by atoms with E-state index in [1.54, 1.807) is 29.7 Å². The van der Waals surface area contributed by atoms with Gasteiger partial charge >= 0.3 is 0 Å². The third-order valence-electron chi connectivity index (χ3n) is 4.71. The number of thiazole rings is 2. The summed E-state index contributed by atoms with van der Waals surface area (Å²) in [4.78, 5) is 34.9. The molecule has 0 aliphatic rings. The van der Waals surface area contributed by atoms with Gasteiger partial charge in [0.25, 0.3) is 0 Å². The van der Waals surface area contributed by atoms with Gasteiger partial charge in [0, 0.05) is 29.3 Å². The van der Waals surface area contributed by atoms with Gasteiger partial charge in [-0.1, -0.05) is 32.4 Å². The number of Topliss-reactive ketones (excluding diaryl/α,β-unsaturated/α-hetero) is 1. The van der Waals surface area contributed by atoms with Crippen molar-refractivity contribution in [3.63, 3.8) is 0 Å². The third kappa shape index (κ3) is 6.70. The molecule has 0 unspecified atom stereocenters. The smallest absolute Gasteiger partial charge is 0.224 e. The maximum absolute atomic E-state index is 12.8. The van der Waals surface area contributed by atoms with Crippen molar-refractivity contribution >= 4 is 45.7 Å². The van der Waals surface area contributed by atoms with Gasteiger partial charge in [-0.05, 0) is 37.3 Å². The van der Waals surface area contributed by atoms with E-state index in [0.717, 1.165) is 40.6 Å². The van der Waals surface area contributed by atoms with Gasteiger partial charge in [-0.3, -0.25) is 9.59 Å². The Morgan fingerprint density at radius 2 is 1.87 bits per heavy atom. The standard InChI is InChI=1S/C23H28N4O2S2/c1-15(2)14-19-21(27-23(31-19)22-25-12-13-30-22)18(28)10-4-3-5-11-20(29)26-17-9-7-6-8-16(17)24/h6-9,12-13,15H,3-5,10-11,14,24H2,1-2H3,(H,26,29). The van der Waals surface area contributed by atoms with Crippen LogP contribution in [0.5, 0.6) is 0 Å². The van der Waals surface area contributed by atoms with E-state index in [-0.39, 0.29) is 11.7 Å². The van der Waals surface area contributed by atoms with Crippen LogP contribution >= 0.6 is 22.7 Å². The van der Waals surface area contributed by atoms with Gasteiger partial charge in [0.15, 0.2) is 15.8 Å². The average Bonchev–Trinajstić information content (AvgIpc) is 3.39. The molecular formula is C23H28N4O2S2. The first kappa shape index (κ1) is 23.1. The van der Waals surface area contributed by atoms with E-state index >= 15 is 0 Å². The molecule has 2 aromatic heterocycles. The predicted molar refractivity (Wildman–Crippen MR) is 129 cm³/mol. The zero-order valence-corrected chi connectivity index (χ0v) is 19.5. The van der Waals surface area contributed by atoms with Crippen LogP contribution in [0, 0.1) is 5.92 Å². The Morgan fingerprint density at radius 3 is 2.58 bits per heavy atom. The molecule has 2 heterocycles. The number of anilines is 2. The van der Waals surface area contributed by atoms with Crippen LogP contribution in [0.1, 0.15) is 61.3 Å². The van der Waals surface area contributed by atoms with Crippen LogP contribution in [0.3, 0.4) is 0 Å². The largest absolute Gasteiger partial charge is 0.397 e. The Hall–Kier alpha value is -2.58. The second-order valence-corrected chi connectivity index (χ2v) is 9.82. The second-order valence-electron chi connectivity index (χ2n) is 7.85. The van der Waals surface area contributed by atoms with E-state index in [9.17, 15) is 9.59 Å². The fraction of sp³-hybridized carbons (Fsp3) is 0.391. The number of aromatic nitrogens is 2. The molecule has 3 rings (SSSR count). The number of hydrogen-bond acceptors (Lipinski definition) is 7. The number of carbonyl (C=O) groups is 2. The fourth-order valence-corrected chi connectivity index (χ4v) is 5.16. The van der Waals surface area contributed by atoms with Crippen LogP contribution in [0.4, 0.5) is 11.4 Å². The minimum Gasteiger partial charge on any atom is -0.397 e. The highest BCUT2D eigenvalue weighted by Gasteiger charge is 2.20. The second kappa shape index (κ2) is 11.2. The molecule has 8 heteroatoms. The number of nitrogens with one attached hydrogen (secondary N) is 1. The molecule has 0 fully saturated rings. The summed E-state index contributed by atoms with van der Waals surface area (Å²) in [7, 11) is 0. The van der Waals surface area contributed by atoms with Crippen molar-refractivity contribution in [3.8, 4) is 10.0 Å². The van der Waals surface area contributed by atoms with Gasteiger partial charge in [-0.15, -0.1) is 22.7 Å². The highest BCUT2D eigenvalue weighted by atomic mass is 32.1. The van der Waals surface area contributed by atoms with Gasteiger partial charge < -0.3 is 11.1 Å². The Labute approximate surface area is 190 Å². The molecular weight excluding hydrogens is 428 g/mol. The molecule has 1 amide bonds. The number of amides is 1. The molecule has 0 spiro atoms. The summed E-state index contributed by atoms with van der Waals surface area (Å²) in [5.74, 6) is 0.473. The minimum atomic E-state index is -0.0592. The minimum absolute atomic E-state index is 0.0592. The number of benzene rings is 1. The molecule has 0 aliphatic carbocycles. The van der Waals surface area contributed by atoms with E-state index in [0.29, 0.717) is 35.8 Å². The normalized spacial score (nSPS) is 11.1. The van der Waals surface area contributed by atoms with Crippen molar-refractivity contribution in [3.05, 3.63) is 46.4 Å². The van der Waals surface area contributed by atoms with Crippen LogP contribution in [-0.4, -0.2) is 21.7 Å². The van der Waals surface area contributed by atoms with Crippen molar-refractivity contribution in [2.45, 2.75) is 52.4 Å². The van der Waals surface area contributed by atoms with Crippen LogP contribution in [0.15, 0.2) is 35.8 Å². The maximum atomic E-state index is 12.8. The molecule has 0 atom stereocenters. The number of hydrogen-bond donors (Lipinski definition) is 2. The zero-order valence-electron chi connectivity index (χ0n) is 17.9. The monoisotopic (exact) mass is 456 g/mol. The van der Waals surface area contributed by atoms with Crippen LogP contribution < -0.4 is 11.1 Å². The van der Waals surface area contributed by atoms with Gasteiger partial charge in [-0.25, -0.2) is 9.97 Å². The lowest BCUT2D eigenvalue weighted by Gasteiger charge is -2.07. The molecule has 0 bridgehead atoms. The average molecular weight is 457 g/mol. The molecule has 164 valence electrons. The van der Waals surface area contributed by atoms with E-state index < -0.39 is 0 Å². The Morgan fingerprint density at radius 1 is 1.10 bits per heavy atom. The first-order valence-corrected chi connectivity index (χ1v) is 12.2. The van der Waals surface area contributed by atoms with E-state index in [2.05, 4.69) is 29.1 Å². The van der Waals surface area contributed by atoms with Gasteiger partial charge in [-0.2, -0.15) is 0 Å². The highest BCUT2D eigenvalue weighted by molar-refractivity contribution is 7.20. The highest BCUT2D eigenvalue weighted by Crippen LogP contribution is 2.32. The van der Waals surface area contributed by atoms with Crippen molar-refractivity contribution in [1.82, 2.24) is 9.97 Å². The summed E-state index contributed by atoms with van der Waals surface area (Å²) in [5.41, 5.74) is 7.64. The third-order valence-corrected chi connectivity index (χ3v) is 6.71. The molecule has 31 heavy (non-hydrogen) atoms. The van der Waals surface area contributed by atoms with Crippen LogP contribution in [0.25, 0.3) is 10.0 Å². The number of nitrogens with zero attached hydrogens (tertiary/aromatic N) is 2. The molecule has 0 radical (unpaired) electrons. The summed E-state index contributed by atoms with van der Waals surface area (Å²) < 4.78 is 0. The molecule has 0 saturated heterocycles. The number of para-hydroxylation sites is 2. The van der Waals surface area contributed by atoms with E-state index in [4.69, 9.17) is 5.73 Å². The van der Waals surface area contributed by atoms with Crippen molar-refractivity contribution < 1.29 is 9.59 Å². The quantitative estimate of drug-likeness (QED) is 0.215. The fourth-order valence-electron chi connectivity index (χ4n) is 3.19. The van der Waals surface area contributed by atoms with E-state index in [1.165, 1.54) is 11.3 Å². The maximum Gasteiger partial charge on any atom is 0.224 e. The van der Waals surface area contributed by atoms with Crippen LogP contribution in [-0.2, 0) is 11.2 Å². The number of unbranched alkanes of at least 4 members (excludes halogenated alkanes) is 2. The van der Waals surface area contributed by atoms with Crippen molar-refractivity contribution in [1.29, 1.82) is 0 Å². The molecule has 6 nitrogen and oxygen atoms in total. The first-order chi connectivity index (χ1) is 14.9. The number of ketones is 1. The molecule has 0 saturated carbocycles. The summed E-state index contributed by atoms with van der Waals surface area (Å²) in [6.07, 6.45) is 5.73. The van der Waals surface area contributed by atoms with Gasteiger partial charge in [0.05, 0.1) is 11.4 Å². The molecule has 3 N–H and O–H groups in total. The topological polar surface area (TPSA) is 98.0 Å². The SMILES string of the molecule is CC(C)Cc1sc(-c2nccs2)nc1C(=O)CCCCCC(=O)Nc1ccccc1N. The summed E-state index contributed by atoms with van der Waals surface area (Å²) >= 11 is 3.11. The Bertz CT molecular complexity index is 1010. The summed E-state index contributed by atoms with van der Waals surface area (Å²) in [6, 6.07) is 7.21.